The number of hydrogen-bond donors (Lipinski definition) is 1. The van der Waals surface area contributed by atoms with E-state index in [0.29, 0.717) is 5.02 Å². The molecule has 24 heavy (non-hydrogen) atoms. The van der Waals surface area contributed by atoms with Gasteiger partial charge < -0.3 is 4.74 Å². The Morgan fingerprint density at radius 3 is 2.42 bits per heavy atom. The maximum Gasteiger partial charge on any atom is 0.215 e. The van der Waals surface area contributed by atoms with Gasteiger partial charge in [-0.2, -0.15) is 0 Å². The number of hydrogen-bond acceptors (Lipinski definition) is 3. The van der Waals surface area contributed by atoms with Gasteiger partial charge in [0.25, 0.3) is 0 Å². The second kappa shape index (κ2) is 7.66. The van der Waals surface area contributed by atoms with E-state index in [1.807, 2.05) is 50.2 Å². The van der Waals surface area contributed by atoms with E-state index in [1.165, 1.54) is 0 Å². The average molecular weight is 368 g/mol. The topological polar surface area (TPSA) is 55.4 Å². The van der Waals surface area contributed by atoms with E-state index < -0.39 is 15.6 Å². The minimum absolute atomic E-state index is 0.0668. The first-order valence-corrected chi connectivity index (χ1v) is 9.61. The Labute approximate surface area is 148 Å². The van der Waals surface area contributed by atoms with Crippen molar-refractivity contribution in [3.8, 4) is 0 Å². The van der Waals surface area contributed by atoms with E-state index in [2.05, 4.69) is 4.72 Å². The van der Waals surface area contributed by atoms with Crippen LogP contribution in [0.25, 0.3) is 0 Å². The second-order valence-corrected chi connectivity index (χ2v) is 8.25. The third-order valence-corrected chi connectivity index (χ3v) is 5.53. The third-order valence-electron chi connectivity index (χ3n) is 3.99. The standard InChI is InChI=1S/C18H22ClNO3S/c1-14-7-9-15(10-8-14)12-24(21,22)20-13-18(2,23-3)16-5-4-6-17(19)11-16/h4-11,20H,12-13H2,1-3H3. The summed E-state index contributed by atoms with van der Waals surface area (Å²) < 4.78 is 32.9. The van der Waals surface area contributed by atoms with Crippen LogP contribution in [0.2, 0.25) is 5.02 Å². The molecule has 0 saturated heterocycles. The zero-order valence-electron chi connectivity index (χ0n) is 14.0. The largest absolute Gasteiger partial charge is 0.372 e. The lowest BCUT2D eigenvalue weighted by atomic mass is 9.96. The zero-order chi connectivity index (χ0) is 17.8. The first kappa shape index (κ1) is 18.9. The van der Waals surface area contributed by atoms with Crippen LogP contribution >= 0.6 is 11.6 Å². The molecule has 0 aliphatic heterocycles. The number of halogens is 1. The van der Waals surface area contributed by atoms with Gasteiger partial charge in [0.05, 0.1) is 5.75 Å². The number of rotatable bonds is 7. The summed E-state index contributed by atoms with van der Waals surface area (Å²) in [5.74, 6) is -0.0668. The van der Waals surface area contributed by atoms with Crippen LogP contribution in [0.3, 0.4) is 0 Å². The summed E-state index contributed by atoms with van der Waals surface area (Å²) in [4.78, 5) is 0. The molecular weight excluding hydrogens is 346 g/mol. The van der Waals surface area contributed by atoms with Crippen LogP contribution in [-0.2, 0) is 26.1 Å². The smallest absolute Gasteiger partial charge is 0.215 e. The summed E-state index contributed by atoms with van der Waals surface area (Å²) in [6.07, 6.45) is 0. The van der Waals surface area contributed by atoms with Crippen LogP contribution in [0.1, 0.15) is 23.6 Å². The van der Waals surface area contributed by atoms with Crippen LogP contribution in [0.15, 0.2) is 48.5 Å². The molecule has 0 heterocycles. The van der Waals surface area contributed by atoms with Crippen molar-refractivity contribution in [1.82, 2.24) is 4.72 Å². The molecule has 1 atom stereocenters. The van der Waals surface area contributed by atoms with Crippen LogP contribution in [0, 0.1) is 6.92 Å². The number of sulfonamides is 1. The summed E-state index contributed by atoms with van der Waals surface area (Å²) >= 11 is 6.02. The minimum atomic E-state index is -3.47. The Hall–Kier alpha value is -1.40. The van der Waals surface area contributed by atoms with Gasteiger partial charge in [0.15, 0.2) is 0 Å². The van der Waals surface area contributed by atoms with E-state index >= 15 is 0 Å². The Morgan fingerprint density at radius 1 is 1.17 bits per heavy atom. The molecule has 2 aromatic rings. The van der Waals surface area contributed by atoms with Gasteiger partial charge in [-0.25, -0.2) is 13.1 Å². The highest BCUT2D eigenvalue weighted by atomic mass is 35.5. The van der Waals surface area contributed by atoms with Gasteiger partial charge in [-0.3, -0.25) is 0 Å². The molecule has 0 spiro atoms. The molecule has 0 saturated carbocycles. The maximum atomic E-state index is 12.4. The fraction of sp³-hybridized carbons (Fsp3) is 0.333. The van der Waals surface area contributed by atoms with Gasteiger partial charge in [0.2, 0.25) is 10.0 Å². The van der Waals surface area contributed by atoms with Crippen molar-refractivity contribution >= 4 is 21.6 Å². The molecule has 0 fully saturated rings. The molecule has 6 heteroatoms. The number of aryl methyl sites for hydroxylation is 1. The first-order valence-electron chi connectivity index (χ1n) is 7.58. The minimum Gasteiger partial charge on any atom is -0.372 e. The Morgan fingerprint density at radius 2 is 1.83 bits per heavy atom. The lowest BCUT2D eigenvalue weighted by molar-refractivity contribution is 0.00698. The Balaban J connectivity index is 2.10. The van der Waals surface area contributed by atoms with Crippen LogP contribution in [0.4, 0.5) is 0 Å². The zero-order valence-corrected chi connectivity index (χ0v) is 15.6. The maximum absolute atomic E-state index is 12.4. The summed E-state index contributed by atoms with van der Waals surface area (Å²) in [5.41, 5.74) is 1.85. The molecule has 1 unspecified atom stereocenters. The van der Waals surface area contributed by atoms with E-state index in [1.54, 1.807) is 19.2 Å². The van der Waals surface area contributed by atoms with Crippen LogP contribution in [0.5, 0.6) is 0 Å². The highest BCUT2D eigenvalue weighted by Crippen LogP contribution is 2.26. The fourth-order valence-corrected chi connectivity index (χ4v) is 3.73. The van der Waals surface area contributed by atoms with E-state index in [9.17, 15) is 8.42 Å². The van der Waals surface area contributed by atoms with Gasteiger partial charge in [0.1, 0.15) is 5.60 Å². The molecule has 0 aromatic heterocycles. The van der Waals surface area contributed by atoms with Gasteiger partial charge >= 0.3 is 0 Å². The average Bonchev–Trinajstić information content (AvgIpc) is 2.55. The van der Waals surface area contributed by atoms with Gasteiger partial charge in [-0.05, 0) is 37.1 Å². The van der Waals surface area contributed by atoms with Crippen molar-refractivity contribution in [2.24, 2.45) is 0 Å². The predicted octanol–water partition coefficient (Wildman–Crippen LogP) is 3.63. The summed E-state index contributed by atoms with van der Waals surface area (Å²) in [6, 6.07) is 14.7. The molecule has 0 radical (unpaired) electrons. The number of nitrogens with one attached hydrogen (secondary N) is 1. The molecule has 130 valence electrons. The first-order chi connectivity index (χ1) is 11.2. The highest BCUT2D eigenvalue weighted by molar-refractivity contribution is 7.88. The van der Waals surface area contributed by atoms with Crippen molar-refractivity contribution < 1.29 is 13.2 Å². The van der Waals surface area contributed by atoms with E-state index in [-0.39, 0.29) is 12.3 Å². The monoisotopic (exact) mass is 367 g/mol. The molecule has 1 N–H and O–H groups in total. The number of methoxy groups -OCH3 is 1. The van der Waals surface area contributed by atoms with Gasteiger partial charge in [-0.1, -0.05) is 53.6 Å². The van der Waals surface area contributed by atoms with Gasteiger partial charge in [-0.15, -0.1) is 0 Å². The van der Waals surface area contributed by atoms with Crippen molar-refractivity contribution in [2.45, 2.75) is 25.2 Å². The van der Waals surface area contributed by atoms with Crippen molar-refractivity contribution in [2.75, 3.05) is 13.7 Å². The van der Waals surface area contributed by atoms with E-state index in [0.717, 1.165) is 16.7 Å². The molecule has 0 amide bonds. The normalized spacial score (nSPS) is 14.3. The molecule has 0 bridgehead atoms. The highest BCUT2D eigenvalue weighted by Gasteiger charge is 2.28. The summed E-state index contributed by atoms with van der Waals surface area (Å²) in [5, 5.41) is 0.582. The number of ether oxygens (including phenoxy) is 1. The van der Waals surface area contributed by atoms with Crippen LogP contribution < -0.4 is 4.72 Å². The SMILES string of the molecule is COC(C)(CNS(=O)(=O)Cc1ccc(C)cc1)c1cccc(Cl)c1. The van der Waals surface area contributed by atoms with Crippen LogP contribution in [-0.4, -0.2) is 22.1 Å². The third kappa shape index (κ3) is 5.05. The second-order valence-electron chi connectivity index (χ2n) is 6.01. The lowest BCUT2D eigenvalue weighted by Gasteiger charge is -2.29. The molecule has 2 aromatic carbocycles. The Bertz CT molecular complexity index is 790. The molecule has 0 aliphatic carbocycles. The van der Waals surface area contributed by atoms with Crippen molar-refractivity contribution in [3.63, 3.8) is 0 Å². The summed E-state index contributed by atoms with van der Waals surface area (Å²) in [6.45, 7) is 3.91. The quantitative estimate of drug-likeness (QED) is 0.813. The predicted molar refractivity (Wildman–Crippen MR) is 97.6 cm³/mol. The van der Waals surface area contributed by atoms with Gasteiger partial charge in [0, 0.05) is 18.7 Å². The summed E-state index contributed by atoms with van der Waals surface area (Å²) in [7, 11) is -1.92. The Kier molecular flexibility index (Phi) is 6.04. The molecule has 2 rings (SSSR count). The van der Waals surface area contributed by atoms with Crippen molar-refractivity contribution in [1.29, 1.82) is 0 Å². The number of benzene rings is 2. The van der Waals surface area contributed by atoms with Crippen molar-refractivity contribution in [3.05, 3.63) is 70.2 Å². The molecular formula is C18H22ClNO3S. The fourth-order valence-electron chi connectivity index (χ4n) is 2.31. The van der Waals surface area contributed by atoms with E-state index in [4.69, 9.17) is 16.3 Å². The molecule has 0 aliphatic rings. The molecule has 4 nitrogen and oxygen atoms in total. The lowest BCUT2D eigenvalue weighted by Crippen LogP contribution is -2.40.